The summed E-state index contributed by atoms with van der Waals surface area (Å²) in [6.07, 6.45) is -0.467. The van der Waals surface area contributed by atoms with Gasteiger partial charge in [0.25, 0.3) is 0 Å². The van der Waals surface area contributed by atoms with Crippen LogP contribution < -0.4 is 11.1 Å². The molecule has 0 fully saturated rings. The summed E-state index contributed by atoms with van der Waals surface area (Å²) in [6.45, 7) is 9.63. The van der Waals surface area contributed by atoms with E-state index in [0.717, 1.165) is 17.0 Å². The zero-order chi connectivity index (χ0) is 14.8. The Hall–Kier alpha value is -1.56. The van der Waals surface area contributed by atoms with Crippen molar-refractivity contribution in [2.75, 3.05) is 6.54 Å². The maximum absolute atomic E-state index is 11.8. The summed E-state index contributed by atoms with van der Waals surface area (Å²) in [4.78, 5) is 11.8. The Bertz CT molecular complexity index is 460. The smallest absolute Gasteiger partial charge is 0.408 e. The first-order chi connectivity index (χ1) is 8.65. The van der Waals surface area contributed by atoms with Crippen molar-refractivity contribution in [2.24, 2.45) is 12.8 Å². The summed E-state index contributed by atoms with van der Waals surface area (Å²) in [7, 11) is 1.87. The number of amides is 1. The number of nitrogens with one attached hydrogen (secondary N) is 1. The van der Waals surface area contributed by atoms with Crippen molar-refractivity contribution in [3.8, 4) is 0 Å². The van der Waals surface area contributed by atoms with E-state index in [4.69, 9.17) is 10.5 Å². The maximum Gasteiger partial charge on any atom is 0.408 e. The number of rotatable bonds is 3. The van der Waals surface area contributed by atoms with Crippen molar-refractivity contribution in [1.82, 2.24) is 15.1 Å². The third kappa shape index (κ3) is 3.96. The molecule has 108 valence electrons. The molecule has 1 aromatic heterocycles. The number of hydrogen-bond acceptors (Lipinski definition) is 4. The van der Waals surface area contributed by atoms with Gasteiger partial charge in [-0.25, -0.2) is 4.79 Å². The van der Waals surface area contributed by atoms with Crippen molar-refractivity contribution in [3.05, 3.63) is 17.0 Å². The minimum Gasteiger partial charge on any atom is -0.444 e. The summed E-state index contributed by atoms with van der Waals surface area (Å²) in [5.74, 6) is 0. The van der Waals surface area contributed by atoms with Gasteiger partial charge in [-0.15, -0.1) is 0 Å². The van der Waals surface area contributed by atoms with Crippen LogP contribution in [0.3, 0.4) is 0 Å². The fraction of sp³-hybridized carbons (Fsp3) is 0.692. The minimum absolute atomic E-state index is 0.288. The predicted octanol–water partition coefficient (Wildman–Crippen LogP) is 1.56. The van der Waals surface area contributed by atoms with Crippen LogP contribution in [0.1, 0.15) is 43.8 Å². The molecule has 1 rings (SSSR count). The summed E-state index contributed by atoms with van der Waals surface area (Å²) < 4.78 is 7.03. The fourth-order valence-corrected chi connectivity index (χ4v) is 1.99. The number of nitrogens with zero attached hydrogens (tertiary/aromatic N) is 2. The lowest BCUT2D eigenvalue weighted by Gasteiger charge is -2.23. The van der Waals surface area contributed by atoms with E-state index in [9.17, 15) is 4.79 Å². The number of alkyl carbamates (subject to hydrolysis) is 1. The molecule has 0 aliphatic heterocycles. The lowest BCUT2D eigenvalue weighted by atomic mass is 10.1. The molecule has 0 aliphatic rings. The summed E-state index contributed by atoms with van der Waals surface area (Å²) in [5.41, 5.74) is 8.04. The molecule has 3 N–H and O–H groups in total. The molecule has 0 bridgehead atoms. The highest BCUT2D eigenvalue weighted by atomic mass is 16.6. The number of nitrogens with two attached hydrogens (primary N) is 1. The predicted molar refractivity (Wildman–Crippen MR) is 73.8 cm³/mol. The highest BCUT2D eigenvalue weighted by molar-refractivity contribution is 5.68. The van der Waals surface area contributed by atoms with Crippen molar-refractivity contribution in [1.29, 1.82) is 0 Å². The highest BCUT2D eigenvalue weighted by Crippen LogP contribution is 2.21. The Labute approximate surface area is 114 Å². The zero-order valence-corrected chi connectivity index (χ0v) is 12.6. The standard InChI is InChI=1S/C13H24N4O2/c1-8-11(9(2)17(6)16-8)10(7-14)15-12(18)19-13(3,4)5/h10H,7,14H2,1-6H3,(H,15,18). The molecule has 1 amide bonds. The molecule has 1 unspecified atom stereocenters. The zero-order valence-electron chi connectivity index (χ0n) is 12.6. The van der Waals surface area contributed by atoms with E-state index < -0.39 is 11.7 Å². The molecule has 1 heterocycles. The SMILES string of the molecule is Cc1nn(C)c(C)c1C(CN)NC(=O)OC(C)(C)C. The Morgan fingerprint density at radius 2 is 2.05 bits per heavy atom. The van der Waals surface area contributed by atoms with Gasteiger partial charge in [-0.2, -0.15) is 5.10 Å². The van der Waals surface area contributed by atoms with Gasteiger partial charge in [-0.05, 0) is 34.6 Å². The third-order valence-corrected chi connectivity index (χ3v) is 2.84. The number of aromatic nitrogens is 2. The van der Waals surface area contributed by atoms with Crippen LogP contribution in [0.2, 0.25) is 0 Å². The first-order valence-corrected chi connectivity index (χ1v) is 6.35. The van der Waals surface area contributed by atoms with E-state index in [2.05, 4.69) is 10.4 Å². The molecule has 6 heteroatoms. The van der Waals surface area contributed by atoms with E-state index in [1.807, 2.05) is 41.7 Å². The summed E-state index contributed by atoms with van der Waals surface area (Å²) in [5, 5.41) is 7.13. The van der Waals surface area contributed by atoms with Crippen LogP contribution in [0.4, 0.5) is 4.79 Å². The Morgan fingerprint density at radius 1 is 1.47 bits per heavy atom. The van der Waals surface area contributed by atoms with Gasteiger partial charge >= 0.3 is 6.09 Å². The van der Waals surface area contributed by atoms with Gasteiger partial charge in [0, 0.05) is 24.8 Å². The monoisotopic (exact) mass is 268 g/mol. The Morgan fingerprint density at radius 3 is 2.42 bits per heavy atom. The molecule has 0 aliphatic carbocycles. The average molecular weight is 268 g/mol. The van der Waals surface area contributed by atoms with Crippen LogP contribution in [0.5, 0.6) is 0 Å². The van der Waals surface area contributed by atoms with Gasteiger partial charge < -0.3 is 15.8 Å². The van der Waals surface area contributed by atoms with E-state index in [-0.39, 0.29) is 6.04 Å². The number of ether oxygens (including phenoxy) is 1. The van der Waals surface area contributed by atoms with Crippen molar-refractivity contribution < 1.29 is 9.53 Å². The van der Waals surface area contributed by atoms with Gasteiger partial charge in [-0.3, -0.25) is 4.68 Å². The minimum atomic E-state index is -0.526. The maximum atomic E-state index is 11.8. The molecule has 19 heavy (non-hydrogen) atoms. The van der Waals surface area contributed by atoms with Gasteiger partial charge in [0.05, 0.1) is 11.7 Å². The second kappa shape index (κ2) is 5.61. The molecule has 1 aromatic rings. The molecule has 0 saturated carbocycles. The van der Waals surface area contributed by atoms with Crippen LogP contribution in [-0.2, 0) is 11.8 Å². The lowest BCUT2D eigenvalue weighted by Crippen LogP contribution is -2.38. The molecule has 0 spiro atoms. The first kappa shape index (κ1) is 15.5. The molecule has 0 aromatic carbocycles. The highest BCUT2D eigenvalue weighted by Gasteiger charge is 2.23. The van der Waals surface area contributed by atoms with Gasteiger partial charge in [-0.1, -0.05) is 0 Å². The summed E-state index contributed by atoms with van der Waals surface area (Å²) >= 11 is 0. The molecular formula is C13H24N4O2. The van der Waals surface area contributed by atoms with Gasteiger partial charge in [0.15, 0.2) is 0 Å². The quantitative estimate of drug-likeness (QED) is 0.871. The number of hydrogen-bond donors (Lipinski definition) is 2. The second-order valence-electron chi connectivity index (χ2n) is 5.64. The van der Waals surface area contributed by atoms with Gasteiger partial charge in [0.2, 0.25) is 0 Å². The second-order valence-corrected chi connectivity index (χ2v) is 5.64. The largest absolute Gasteiger partial charge is 0.444 e. The van der Waals surface area contributed by atoms with E-state index in [0.29, 0.717) is 6.54 Å². The van der Waals surface area contributed by atoms with Crippen molar-refractivity contribution in [2.45, 2.75) is 46.3 Å². The number of carbonyl (C=O) groups excluding carboxylic acids is 1. The van der Waals surface area contributed by atoms with Crippen LogP contribution in [0.15, 0.2) is 0 Å². The molecule has 0 saturated heterocycles. The van der Waals surface area contributed by atoms with E-state index in [1.165, 1.54) is 0 Å². The lowest BCUT2D eigenvalue weighted by molar-refractivity contribution is 0.0505. The molecule has 0 radical (unpaired) electrons. The normalized spacial score (nSPS) is 13.2. The number of aryl methyl sites for hydroxylation is 2. The first-order valence-electron chi connectivity index (χ1n) is 6.35. The average Bonchev–Trinajstić information content (AvgIpc) is 2.48. The third-order valence-electron chi connectivity index (χ3n) is 2.84. The Balaban J connectivity index is 2.87. The Kier molecular flexibility index (Phi) is 4.57. The molecule has 6 nitrogen and oxygen atoms in total. The van der Waals surface area contributed by atoms with Crippen LogP contribution in [0.25, 0.3) is 0 Å². The number of carbonyl (C=O) groups is 1. The van der Waals surface area contributed by atoms with Gasteiger partial charge in [0.1, 0.15) is 5.60 Å². The van der Waals surface area contributed by atoms with Crippen LogP contribution in [0, 0.1) is 13.8 Å². The van der Waals surface area contributed by atoms with E-state index in [1.54, 1.807) is 4.68 Å². The van der Waals surface area contributed by atoms with Crippen LogP contribution >= 0.6 is 0 Å². The topological polar surface area (TPSA) is 82.2 Å². The van der Waals surface area contributed by atoms with Crippen molar-refractivity contribution in [3.63, 3.8) is 0 Å². The summed E-state index contributed by atoms with van der Waals surface area (Å²) in [6, 6.07) is -0.288. The van der Waals surface area contributed by atoms with E-state index >= 15 is 0 Å². The fourth-order valence-electron chi connectivity index (χ4n) is 1.99. The van der Waals surface area contributed by atoms with Crippen molar-refractivity contribution >= 4 is 6.09 Å². The molecular weight excluding hydrogens is 244 g/mol. The van der Waals surface area contributed by atoms with Crippen LogP contribution in [-0.4, -0.2) is 28.0 Å². The molecule has 1 atom stereocenters.